The van der Waals surface area contributed by atoms with Gasteiger partial charge in [0.1, 0.15) is 12.0 Å². The third-order valence-corrected chi connectivity index (χ3v) is 3.72. The number of benzene rings is 1. The molecule has 126 valence electrons. The Balaban J connectivity index is 1.97. The fourth-order valence-electron chi connectivity index (χ4n) is 2.64. The molecule has 0 radical (unpaired) electrons. The number of hydrogen-bond donors (Lipinski definition) is 0. The molecule has 1 aromatic heterocycles. The Morgan fingerprint density at radius 2 is 1.96 bits per heavy atom. The minimum absolute atomic E-state index is 0.104. The molecule has 0 saturated carbocycles. The summed E-state index contributed by atoms with van der Waals surface area (Å²) in [6, 6.07) is 7.33. The molecule has 2 atom stereocenters. The van der Waals surface area contributed by atoms with E-state index in [1.165, 1.54) is 50.0 Å². The first-order valence-corrected chi connectivity index (χ1v) is 7.21. The van der Waals surface area contributed by atoms with E-state index in [9.17, 15) is 13.2 Å². The number of ether oxygens (including phenoxy) is 2. The zero-order chi connectivity index (χ0) is 17.2. The lowest BCUT2D eigenvalue weighted by Crippen LogP contribution is -2.36. The molecule has 2 heterocycles. The van der Waals surface area contributed by atoms with Crippen molar-refractivity contribution in [3.8, 4) is 5.75 Å². The average molecular weight is 336 g/mol. The first-order valence-electron chi connectivity index (χ1n) is 7.21. The van der Waals surface area contributed by atoms with E-state index in [1.807, 2.05) is 0 Å². The molecule has 4 nitrogen and oxygen atoms in total. The Morgan fingerprint density at radius 1 is 1.21 bits per heavy atom. The normalized spacial score (nSPS) is 18.3. The minimum Gasteiger partial charge on any atom is -0.497 e. The molecule has 1 aliphatic heterocycles. The zero-order valence-corrected chi connectivity index (χ0v) is 12.8. The van der Waals surface area contributed by atoms with Crippen LogP contribution in [0.1, 0.15) is 23.4 Å². The predicted octanol–water partition coefficient (Wildman–Crippen LogP) is 4.20. The standard InChI is InChI=1S/C17H15F3N2O2/c1-23-14-6-4-12(5-7-14)15(17(18,19)20)22-9-10-24-16(22)13-3-2-8-21-11-13/h2-11,15-16H,1H3. The van der Waals surface area contributed by atoms with Crippen molar-refractivity contribution in [3.05, 3.63) is 72.4 Å². The van der Waals surface area contributed by atoms with Crippen molar-refractivity contribution in [2.75, 3.05) is 7.11 Å². The Kier molecular flexibility index (Phi) is 4.33. The van der Waals surface area contributed by atoms with Gasteiger partial charge in [0.05, 0.1) is 7.11 Å². The van der Waals surface area contributed by atoms with Gasteiger partial charge in [0, 0.05) is 24.2 Å². The van der Waals surface area contributed by atoms with Gasteiger partial charge in [0.15, 0.2) is 12.3 Å². The number of halogens is 3. The van der Waals surface area contributed by atoms with Crippen molar-refractivity contribution in [2.24, 2.45) is 0 Å². The van der Waals surface area contributed by atoms with Gasteiger partial charge in [-0.25, -0.2) is 0 Å². The van der Waals surface area contributed by atoms with Crippen LogP contribution in [0, 0.1) is 0 Å². The molecule has 0 N–H and O–H groups in total. The van der Waals surface area contributed by atoms with Crippen LogP contribution in [0.5, 0.6) is 5.75 Å². The van der Waals surface area contributed by atoms with E-state index >= 15 is 0 Å². The molecule has 3 rings (SSSR count). The first kappa shape index (κ1) is 16.2. The maximum Gasteiger partial charge on any atom is 0.413 e. The van der Waals surface area contributed by atoms with Gasteiger partial charge in [-0.2, -0.15) is 13.2 Å². The lowest BCUT2D eigenvalue weighted by Gasteiger charge is -2.34. The zero-order valence-electron chi connectivity index (χ0n) is 12.8. The Labute approximate surface area is 137 Å². The smallest absolute Gasteiger partial charge is 0.413 e. The predicted molar refractivity (Wildman–Crippen MR) is 80.8 cm³/mol. The highest BCUT2D eigenvalue weighted by Crippen LogP contribution is 2.44. The number of rotatable bonds is 4. The second kappa shape index (κ2) is 6.43. The van der Waals surface area contributed by atoms with E-state index in [0.717, 1.165) is 4.90 Å². The van der Waals surface area contributed by atoms with Gasteiger partial charge in [-0.15, -0.1) is 0 Å². The molecule has 1 aromatic carbocycles. The van der Waals surface area contributed by atoms with Gasteiger partial charge in [-0.05, 0) is 23.8 Å². The molecule has 2 aromatic rings. The lowest BCUT2D eigenvalue weighted by atomic mass is 10.0. The summed E-state index contributed by atoms with van der Waals surface area (Å²) in [6.07, 6.45) is 0.257. The monoisotopic (exact) mass is 336 g/mol. The summed E-state index contributed by atoms with van der Waals surface area (Å²) in [6.45, 7) is 0. The van der Waals surface area contributed by atoms with Gasteiger partial charge in [0.2, 0.25) is 0 Å². The molecule has 7 heteroatoms. The maximum absolute atomic E-state index is 13.8. The Bertz CT molecular complexity index is 702. The Morgan fingerprint density at radius 3 is 2.54 bits per heavy atom. The second-order valence-electron chi connectivity index (χ2n) is 5.22. The van der Waals surface area contributed by atoms with Gasteiger partial charge in [0.25, 0.3) is 0 Å². The highest BCUT2D eigenvalue weighted by Gasteiger charge is 2.47. The average Bonchev–Trinajstić information content (AvgIpc) is 3.04. The van der Waals surface area contributed by atoms with Crippen molar-refractivity contribution < 1.29 is 22.6 Å². The van der Waals surface area contributed by atoms with Crippen LogP contribution in [0.15, 0.2) is 61.3 Å². The fourth-order valence-corrected chi connectivity index (χ4v) is 2.64. The van der Waals surface area contributed by atoms with Crippen molar-refractivity contribution in [1.82, 2.24) is 9.88 Å². The molecular formula is C17H15F3N2O2. The third kappa shape index (κ3) is 3.15. The first-order chi connectivity index (χ1) is 11.5. The van der Waals surface area contributed by atoms with Crippen LogP contribution in [0.25, 0.3) is 0 Å². The van der Waals surface area contributed by atoms with Gasteiger partial charge < -0.3 is 14.4 Å². The van der Waals surface area contributed by atoms with Crippen molar-refractivity contribution >= 4 is 0 Å². The van der Waals surface area contributed by atoms with Gasteiger partial charge in [-0.1, -0.05) is 18.2 Å². The lowest BCUT2D eigenvalue weighted by molar-refractivity contribution is -0.194. The van der Waals surface area contributed by atoms with E-state index in [-0.39, 0.29) is 5.56 Å². The summed E-state index contributed by atoms with van der Waals surface area (Å²) in [5.74, 6) is 0.497. The van der Waals surface area contributed by atoms with Crippen LogP contribution < -0.4 is 4.74 Å². The molecule has 2 unspecified atom stereocenters. The van der Waals surface area contributed by atoms with Crippen LogP contribution >= 0.6 is 0 Å². The number of pyridine rings is 1. The summed E-state index contributed by atoms with van der Waals surface area (Å²) in [4.78, 5) is 5.09. The number of alkyl halides is 3. The van der Waals surface area contributed by atoms with Crippen LogP contribution in [0.3, 0.4) is 0 Å². The highest BCUT2D eigenvalue weighted by molar-refractivity contribution is 5.31. The summed E-state index contributed by atoms with van der Waals surface area (Å²) >= 11 is 0. The number of hydrogen-bond acceptors (Lipinski definition) is 4. The van der Waals surface area contributed by atoms with Crippen LogP contribution in [0.2, 0.25) is 0 Å². The number of nitrogens with zero attached hydrogens (tertiary/aromatic N) is 2. The largest absolute Gasteiger partial charge is 0.497 e. The minimum atomic E-state index is -4.48. The van der Waals surface area contributed by atoms with E-state index in [1.54, 1.807) is 18.3 Å². The third-order valence-electron chi connectivity index (χ3n) is 3.72. The summed E-state index contributed by atoms with van der Waals surface area (Å²) in [5.41, 5.74) is 0.651. The van der Waals surface area contributed by atoms with Gasteiger partial charge >= 0.3 is 6.18 Å². The summed E-state index contributed by atoms with van der Waals surface area (Å²) in [7, 11) is 1.46. The van der Waals surface area contributed by atoms with E-state index in [4.69, 9.17) is 9.47 Å². The molecule has 0 fully saturated rings. The van der Waals surface area contributed by atoms with Crippen molar-refractivity contribution in [2.45, 2.75) is 18.4 Å². The highest BCUT2D eigenvalue weighted by atomic mass is 19.4. The molecule has 24 heavy (non-hydrogen) atoms. The van der Waals surface area contributed by atoms with Crippen molar-refractivity contribution in [3.63, 3.8) is 0 Å². The second-order valence-corrected chi connectivity index (χ2v) is 5.22. The van der Waals surface area contributed by atoms with Crippen LogP contribution in [0.4, 0.5) is 13.2 Å². The summed E-state index contributed by atoms with van der Waals surface area (Å²) < 4.78 is 51.6. The SMILES string of the molecule is COc1ccc(C(N2C=COC2c2cccnc2)C(F)(F)F)cc1. The van der Waals surface area contributed by atoms with E-state index in [0.29, 0.717) is 11.3 Å². The van der Waals surface area contributed by atoms with Gasteiger partial charge in [-0.3, -0.25) is 4.98 Å². The quantitative estimate of drug-likeness (QED) is 0.838. The molecule has 0 aliphatic carbocycles. The Hall–Kier alpha value is -2.70. The fraction of sp³-hybridized carbons (Fsp3) is 0.235. The maximum atomic E-state index is 13.8. The molecular weight excluding hydrogens is 321 g/mol. The molecule has 0 bridgehead atoms. The summed E-state index contributed by atoms with van der Waals surface area (Å²) in [5, 5.41) is 0. The van der Waals surface area contributed by atoms with Crippen LogP contribution in [-0.4, -0.2) is 23.2 Å². The van der Waals surface area contributed by atoms with E-state index in [2.05, 4.69) is 4.98 Å². The topological polar surface area (TPSA) is 34.6 Å². The van der Waals surface area contributed by atoms with E-state index < -0.39 is 18.4 Å². The van der Waals surface area contributed by atoms with Crippen molar-refractivity contribution in [1.29, 1.82) is 0 Å². The molecule has 0 spiro atoms. The molecule has 0 saturated heterocycles. The molecule has 0 amide bonds. The number of aromatic nitrogens is 1. The van der Waals surface area contributed by atoms with Crippen LogP contribution in [-0.2, 0) is 4.74 Å². The number of methoxy groups -OCH3 is 1. The molecule has 1 aliphatic rings.